The summed E-state index contributed by atoms with van der Waals surface area (Å²) in [6.07, 6.45) is 7.84. The van der Waals surface area contributed by atoms with Gasteiger partial charge < -0.3 is 10.1 Å². The summed E-state index contributed by atoms with van der Waals surface area (Å²) in [5.41, 5.74) is 3.89. The number of hydrogen-bond acceptors (Lipinski definition) is 2. The Labute approximate surface area is 123 Å². The van der Waals surface area contributed by atoms with Gasteiger partial charge in [0, 0.05) is 6.04 Å². The summed E-state index contributed by atoms with van der Waals surface area (Å²) < 4.78 is 5.94. The smallest absolute Gasteiger partial charge is 0.122 e. The van der Waals surface area contributed by atoms with Crippen molar-refractivity contribution in [3.05, 3.63) is 28.8 Å². The maximum atomic E-state index is 5.94. The number of unbranched alkanes of at least 4 members (excludes halogenated alkanes) is 3. The maximum absolute atomic E-state index is 5.94. The van der Waals surface area contributed by atoms with Crippen molar-refractivity contribution in [1.82, 2.24) is 5.32 Å². The predicted molar refractivity (Wildman–Crippen MR) is 85.6 cm³/mol. The van der Waals surface area contributed by atoms with Crippen molar-refractivity contribution in [3.63, 3.8) is 0 Å². The zero-order valence-electron chi connectivity index (χ0n) is 13.3. The van der Waals surface area contributed by atoms with E-state index in [2.05, 4.69) is 38.2 Å². The molecule has 1 aromatic carbocycles. The molecule has 0 heterocycles. The summed E-state index contributed by atoms with van der Waals surface area (Å²) in [4.78, 5) is 0. The molecule has 0 aliphatic heterocycles. The molecule has 1 saturated carbocycles. The average molecular weight is 275 g/mol. The van der Waals surface area contributed by atoms with Gasteiger partial charge >= 0.3 is 0 Å². The Morgan fingerprint density at radius 2 is 1.80 bits per heavy atom. The van der Waals surface area contributed by atoms with Gasteiger partial charge in [0.15, 0.2) is 0 Å². The Kier molecular flexibility index (Phi) is 5.90. The van der Waals surface area contributed by atoms with Gasteiger partial charge in [-0.05, 0) is 75.8 Å². The van der Waals surface area contributed by atoms with Crippen LogP contribution in [0, 0.1) is 20.8 Å². The van der Waals surface area contributed by atoms with Gasteiger partial charge in [-0.25, -0.2) is 0 Å². The molecule has 0 radical (unpaired) electrons. The van der Waals surface area contributed by atoms with Crippen LogP contribution in [0.4, 0.5) is 0 Å². The second-order valence-corrected chi connectivity index (χ2v) is 6.20. The molecule has 0 amide bonds. The third-order valence-corrected chi connectivity index (χ3v) is 4.10. The molecule has 20 heavy (non-hydrogen) atoms. The molecular weight excluding hydrogens is 246 g/mol. The van der Waals surface area contributed by atoms with Crippen LogP contribution in [0.1, 0.15) is 55.2 Å². The number of benzene rings is 1. The maximum Gasteiger partial charge on any atom is 0.122 e. The molecule has 0 aromatic heterocycles. The number of nitrogens with one attached hydrogen (secondary N) is 1. The largest absolute Gasteiger partial charge is 0.493 e. The fraction of sp³-hybridized carbons (Fsp3) is 0.667. The van der Waals surface area contributed by atoms with Gasteiger partial charge in [-0.1, -0.05) is 18.9 Å². The number of hydrogen-bond donors (Lipinski definition) is 1. The summed E-state index contributed by atoms with van der Waals surface area (Å²) in [5.74, 6) is 1.07. The van der Waals surface area contributed by atoms with Crippen LogP contribution in [0.3, 0.4) is 0 Å². The van der Waals surface area contributed by atoms with Gasteiger partial charge in [0.1, 0.15) is 5.75 Å². The number of ether oxygens (including phenoxy) is 1. The van der Waals surface area contributed by atoms with Crippen molar-refractivity contribution in [2.24, 2.45) is 0 Å². The Balaban J connectivity index is 1.56. The van der Waals surface area contributed by atoms with Crippen molar-refractivity contribution in [1.29, 1.82) is 0 Å². The van der Waals surface area contributed by atoms with Crippen molar-refractivity contribution in [2.75, 3.05) is 13.2 Å². The molecule has 2 rings (SSSR count). The Bertz CT molecular complexity index is 424. The molecule has 0 spiro atoms. The summed E-state index contributed by atoms with van der Waals surface area (Å²) in [5, 5.41) is 3.56. The summed E-state index contributed by atoms with van der Waals surface area (Å²) in [6, 6.07) is 5.22. The second-order valence-electron chi connectivity index (χ2n) is 6.20. The topological polar surface area (TPSA) is 21.3 Å². The zero-order chi connectivity index (χ0) is 14.4. The van der Waals surface area contributed by atoms with E-state index < -0.39 is 0 Å². The van der Waals surface area contributed by atoms with Crippen molar-refractivity contribution in [2.45, 2.75) is 65.3 Å². The van der Waals surface area contributed by atoms with E-state index in [0.717, 1.165) is 24.8 Å². The highest BCUT2D eigenvalue weighted by atomic mass is 16.5. The lowest BCUT2D eigenvalue weighted by Gasteiger charge is -2.12. The molecule has 1 aliphatic rings. The average Bonchev–Trinajstić information content (AvgIpc) is 3.22. The summed E-state index contributed by atoms with van der Waals surface area (Å²) >= 11 is 0. The van der Waals surface area contributed by atoms with E-state index in [9.17, 15) is 0 Å². The van der Waals surface area contributed by atoms with Crippen LogP contribution >= 0.6 is 0 Å². The van der Waals surface area contributed by atoms with Crippen LogP contribution in [0.25, 0.3) is 0 Å². The van der Waals surface area contributed by atoms with E-state index in [-0.39, 0.29) is 0 Å². The number of rotatable bonds is 9. The Morgan fingerprint density at radius 1 is 1.05 bits per heavy atom. The van der Waals surface area contributed by atoms with Crippen molar-refractivity contribution >= 4 is 0 Å². The van der Waals surface area contributed by atoms with Crippen LogP contribution in [-0.2, 0) is 0 Å². The molecule has 0 unspecified atom stereocenters. The lowest BCUT2D eigenvalue weighted by atomic mass is 10.1. The van der Waals surface area contributed by atoms with Gasteiger partial charge in [0.05, 0.1) is 6.61 Å². The van der Waals surface area contributed by atoms with Crippen LogP contribution in [0.15, 0.2) is 12.1 Å². The monoisotopic (exact) mass is 275 g/mol. The van der Waals surface area contributed by atoms with Crippen molar-refractivity contribution in [3.8, 4) is 5.75 Å². The SMILES string of the molecule is Cc1cc(C)c(C)c(OCCCCCCNC2CC2)c1. The third kappa shape index (κ3) is 5.16. The molecule has 0 bridgehead atoms. The minimum Gasteiger partial charge on any atom is -0.493 e. The van der Waals surface area contributed by atoms with E-state index >= 15 is 0 Å². The minimum absolute atomic E-state index is 0.847. The first-order valence-electron chi connectivity index (χ1n) is 8.11. The fourth-order valence-corrected chi connectivity index (χ4v) is 2.51. The van der Waals surface area contributed by atoms with Crippen LogP contribution < -0.4 is 10.1 Å². The Morgan fingerprint density at radius 3 is 2.55 bits per heavy atom. The standard InChI is InChI=1S/C18H29NO/c1-14-12-15(2)16(3)18(13-14)20-11-7-5-4-6-10-19-17-8-9-17/h12-13,17,19H,4-11H2,1-3H3. The highest BCUT2D eigenvalue weighted by molar-refractivity contribution is 5.41. The first-order valence-corrected chi connectivity index (χ1v) is 8.11. The molecule has 1 fully saturated rings. The quantitative estimate of drug-likeness (QED) is 0.678. The van der Waals surface area contributed by atoms with Gasteiger partial charge in [-0.3, -0.25) is 0 Å². The lowest BCUT2D eigenvalue weighted by Crippen LogP contribution is -2.17. The van der Waals surface area contributed by atoms with Crippen molar-refractivity contribution < 1.29 is 4.74 Å². The molecule has 0 saturated heterocycles. The minimum atomic E-state index is 0.847. The fourth-order valence-electron chi connectivity index (χ4n) is 2.51. The third-order valence-electron chi connectivity index (χ3n) is 4.10. The van der Waals surface area contributed by atoms with Gasteiger partial charge in [-0.15, -0.1) is 0 Å². The molecule has 1 N–H and O–H groups in total. The van der Waals surface area contributed by atoms with Crippen LogP contribution in [0.2, 0.25) is 0 Å². The van der Waals surface area contributed by atoms with Crippen LogP contribution in [0.5, 0.6) is 5.75 Å². The molecule has 2 heteroatoms. The summed E-state index contributed by atoms with van der Waals surface area (Å²) in [7, 11) is 0. The molecule has 1 aliphatic carbocycles. The molecule has 112 valence electrons. The molecule has 0 atom stereocenters. The molecule has 1 aromatic rings. The van der Waals surface area contributed by atoms with Crippen LogP contribution in [-0.4, -0.2) is 19.2 Å². The van der Waals surface area contributed by atoms with E-state index in [1.54, 1.807) is 0 Å². The highest BCUT2D eigenvalue weighted by Crippen LogP contribution is 2.23. The van der Waals surface area contributed by atoms with E-state index in [4.69, 9.17) is 4.74 Å². The Hall–Kier alpha value is -1.02. The molecular formula is C18H29NO. The first kappa shape index (κ1) is 15.4. The van der Waals surface area contributed by atoms with E-state index in [1.807, 2.05) is 0 Å². The second kappa shape index (κ2) is 7.68. The highest BCUT2D eigenvalue weighted by Gasteiger charge is 2.19. The number of aryl methyl sites for hydroxylation is 2. The summed E-state index contributed by atoms with van der Waals surface area (Å²) in [6.45, 7) is 8.48. The predicted octanol–water partition coefficient (Wildman–Crippen LogP) is 4.30. The van der Waals surface area contributed by atoms with Gasteiger partial charge in [-0.2, -0.15) is 0 Å². The van der Waals surface area contributed by atoms with Gasteiger partial charge in [0.25, 0.3) is 0 Å². The first-order chi connectivity index (χ1) is 9.66. The molecule has 2 nitrogen and oxygen atoms in total. The lowest BCUT2D eigenvalue weighted by molar-refractivity contribution is 0.302. The van der Waals surface area contributed by atoms with Gasteiger partial charge in [0.2, 0.25) is 0 Å². The van der Waals surface area contributed by atoms with E-state index in [1.165, 1.54) is 55.3 Å². The van der Waals surface area contributed by atoms with E-state index in [0.29, 0.717) is 0 Å². The zero-order valence-corrected chi connectivity index (χ0v) is 13.3. The normalized spacial score (nSPS) is 14.6.